The second-order valence-electron chi connectivity index (χ2n) is 4.85. The number of aromatic nitrogens is 1. The third kappa shape index (κ3) is 3.69. The normalized spacial score (nSPS) is 19.3. The number of fused-ring (bicyclic) bond motifs is 1. The molecule has 0 spiro atoms. The number of nitrogens with zero attached hydrogens (tertiary/aromatic N) is 1. The van der Waals surface area contributed by atoms with Crippen LogP contribution in [0.1, 0.15) is 25.7 Å². The molecular formula is C15H19NO3S. The van der Waals surface area contributed by atoms with Crippen LogP contribution in [-0.2, 0) is 9.47 Å². The highest BCUT2D eigenvalue weighted by molar-refractivity contribution is 7.16. The van der Waals surface area contributed by atoms with Crippen molar-refractivity contribution in [3.63, 3.8) is 0 Å². The molecule has 0 saturated carbocycles. The Hall–Kier alpha value is -1.17. The number of rotatable bonds is 6. The maximum absolute atomic E-state index is 5.72. The van der Waals surface area contributed by atoms with Crippen molar-refractivity contribution in [3.8, 4) is 5.75 Å². The molecule has 0 radical (unpaired) electrons. The van der Waals surface area contributed by atoms with E-state index >= 15 is 0 Å². The average Bonchev–Trinajstić information content (AvgIpc) is 2.95. The first-order valence-corrected chi connectivity index (χ1v) is 7.99. The highest BCUT2D eigenvalue weighted by Gasteiger charge is 2.13. The largest absolute Gasteiger partial charge is 0.493 e. The van der Waals surface area contributed by atoms with Gasteiger partial charge >= 0.3 is 0 Å². The Kier molecular flexibility index (Phi) is 4.84. The van der Waals surface area contributed by atoms with Crippen LogP contribution in [0, 0.1) is 0 Å². The fourth-order valence-corrected chi connectivity index (χ4v) is 2.89. The topological polar surface area (TPSA) is 40.6 Å². The number of hydrogen-bond acceptors (Lipinski definition) is 5. The molecule has 1 fully saturated rings. The van der Waals surface area contributed by atoms with Crippen LogP contribution in [0.4, 0.5) is 0 Å². The first-order valence-electron chi connectivity index (χ1n) is 7.11. The third-order valence-electron chi connectivity index (χ3n) is 3.30. The van der Waals surface area contributed by atoms with Gasteiger partial charge in [-0.3, -0.25) is 0 Å². The van der Waals surface area contributed by atoms with Crippen molar-refractivity contribution in [1.82, 2.24) is 4.98 Å². The maximum Gasteiger partial charge on any atom is 0.157 e. The zero-order valence-corrected chi connectivity index (χ0v) is 12.2. The molecule has 1 unspecified atom stereocenters. The molecule has 5 heteroatoms. The molecule has 3 rings (SSSR count). The first kappa shape index (κ1) is 13.8. The van der Waals surface area contributed by atoms with E-state index in [2.05, 4.69) is 11.1 Å². The standard InChI is InChI=1S/C15H19NO3S/c1-2-7-18-15(4-1)19-9-3-8-17-12-5-6-14-13(10-12)16-11-20-14/h5-6,10-11,15H,1-4,7-9H2. The molecule has 0 N–H and O–H groups in total. The molecule has 0 bridgehead atoms. The van der Waals surface area contributed by atoms with E-state index in [1.807, 2.05) is 17.6 Å². The quantitative estimate of drug-likeness (QED) is 0.763. The minimum absolute atomic E-state index is 0.00453. The summed E-state index contributed by atoms with van der Waals surface area (Å²) in [5.41, 5.74) is 2.85. The van der Waals surface area contributed by atoms with Gasteiger partial charge in [0.2, 0.25) is 0 Å². The molecule has 1 aromatic carbocycles. The van der Waals surface area contributed by atoms with Gasteiger partial charge in [0.05, 0.1) is 28.9 Å². The van der Waals surface area contributed by atoms with Crippen molar-refractivity contribution in [1.29, 1.82) is 0 Å². The Morgan fingerprint density at radius 2 is 2.30 bits per heavy atom. The minimum atomic E-state index is -0.00453. The van der Waals surface area contributed by atoms with Crippen LogP contribution in [-0.4, -0.2) is 31.1 Å². The Balaban J connectivity index is 1.36. The van der Waals surface area contributed by atoms with Crippen LogP contribution in [0.2, 0.25) is 0 Å². The van der Waals surface area contributed by atoms with Crippen molar-refractivity contribution in [3.05, 3.63) is 23.7 Å². The molecule has 108 valence electrons. The van der Waals surface area contributed by atoms with Gasteiger partial charge in [-0.2, -0.15) is 0 Å². The molecule has 0 aliphatic carbocycles. The summed E-state index contributed by atoms with van der Waals surface area (Å²) < 4.78 is 18.1. The predicted molar refractivity (Wildman–Crippen MR) is 79.3 cm³/mol. The molecule has 4 nitrogen and oxygen atoms in total. The molecule has 2 aromatic rings. The smallest absolute Gasteiger partial charge is 0.157 e. The van der Waals surface area contributed by atoms with Gasteiger partial charge in [-0.15, -0.1) is 11.3 Å². The van der Waals surface area contributed by atoms with Gasteiger partial charge in [-0.05, 0) is 31.4 Å². The predicted octanol–water partition coefficient (Wildman–Crippen LogP) is 3.61. The fraction of sp³-hybridized carbons (Fsp3) is 0.533. The lowest BCUT2D eigenvalue weighted by Gasteiger charge is -2.22. The second-order valence-corrected chi connectivity index (χ2v) is 5.74. The number of benzene rings is 1. The molecule has 1 aliphatic rings. The highest BCUT2D eigenvalue weighted by atomic mass is 32.1. The molecule has 1 atom stereocenters. The Morgan fingerprint density at radius 3 is 3.20 bits per heavy atom. The van der Waals surface area contributed by atoms with E-state index in [0.29, 0.717) is 13.2 Å². The molecule has 1 aliphatic heterocycles. The van der Waals surface area contributed by atoms with E-state index in [-0.39, 0.29) is 6.29 Å². The lowest BCUT2D eigenvalue weighted by molar-refractivity contribution is -0.163. The number of ether oxygens (including phenoxy) is 3. The zero-order chi connectivity index (χ0) is 13.6. The SMILES string of the molecule is c1nc2cc(OCCCOC3CCCCO3)ccc2s1. The van der Waals surface area contributed by atoms with Gasteiger partial charge in [0.15, 0.2) is 6.29 Å². The molecule has 20 heavy (non-hydrogen) atoms. The van der Waals surface area contributed by atoms with E-state index in [1.165, 1.54) is 11.1 Å². The zero-order valence-electron chi connectivity index (χ0n) is 11.4. The van der Waals surface area contributed by atoms with Gasteiger partial charge in [-0.1, -0.05) is 0 Å². The van der Waals surface area contributed by atoms with E-state index in [0.717, 1.165) is 37.1 Å². The summed E-state index contributed by atoms with van der Waals surface area (Å²) in [6.07, 6.45) is 4.24. The van der Waals surface area contributed by atoms with Crippen LogP contribution in [0.5, 0.6) is 5.75 Å². The summed E-state index contributed by atoms with van der Waals surface area (Å²) in [5, 5.41) is 0. The van der Waals surface area contributed by atoms with Crippen molar-refractivity contribution >= 4 is 21.6 Å². The molecule has 2 heterocycles. The lowest BCUT2D eigenvalue weighted by Crippen LogP contribution is -2.23. The van der Waals surface area contributed by atoms with Gasteiger partial charge in [0, 0.05) is 19.1 Å². The van der Waals surface area contributed by atoms with Crippen LogP contribution >= 0.6 is 11.3 Å². The first-order chi connectivity index (χ1) is 9.92. The van der Waals surface area contributed by atoms with Gasteiger partial charge < -0.3 is 14.2 Å². The van der Waals surface area contributed by atoms with Crippen LogP contribution in [0.3, 0.4) is 0 Å². The Morgan fingerprint density at radius 1 is 1.30 bits per heavy atom. The lowest BCUT2D eigenvalue weighted by atomic mass is 10.2. The minimum Gasteiger partial charge on any atom is -0.493 e. The van der Waals surface area contributed by atoms with Gasteiger partial charge in [0.25, 0.3) is 0 Å². The van der Waals surface area contributed by atoms with E-state index in [1.54, 1.807) is 11.3 Å². The molecular weight excluding hydrogens is 274 g/mol. The van der Waals surface area contributed by atoms with Crippen molar-refractivity contribution < 1.29 is 14.2 Å². The summed E-state index contributed by atoms with van der Waals surface area (Å²) in [6.45, 7) is 2.17. The van der Waals surface area contributed by atoms with Gasteiger partial charge in [-0.25, -0.2) is 4.98 Å². The fourth-order valence-electron chi connectivity index (χ4n) is 2.23. The monoisotopic (exact) mass is 293 g/mol. The van der Waals surface area contributed by atoms with Crippen LogP contribution in [0.25, 0.3) is 10.2 Å². The summed E-state index contributed by atoms with van der Waals surface area (Å²) >= 11 is 1.64. The summed E-state index contributed by atoms with van der Waals surface area (Å²) in [4.78, 5) is 4.28. The highest BCUT2D eigenvalue weighted by Crippen LogP contribution is 2.22. The number of hydrogen-bond donors (Lipinski definition) is 0. The van der Waals surface area contributed by atoms with E-state index in [4.69, 9.17) is 14.2 Å². The average molecular weight is 293 g/mol. The summed E-state index contributed by atoms with van der Waals surface area (Å²) in [7, 11) is 0. The van der Waals surface area contributed by atoms with Crippen molar-refractivity contribution in [2.45, 2.75) is 32.0 Å². The molecule has 0 amide bonds. The van der Waals surface area contributed by atoms with Crippen molar-refractivity contribution in [2.75, 3.05) is 19.8 Å². The second kappa shape index (κ2) is 7.02. The maximum atomic E-state index is 5.72. The molecule has 1 saturated heterocycles. The summed E-state index contributed by atoms with van der Waals surface area (Å²) in [6, 6.07) is 6.03. The number of thiazole rings is 1. The Bertz CT molecular complexity index is 537. The van der Waals surface area contributed by atoms with Gasteiger partial charge in [0.1, 0.15) is 5.75 Å². The Labute approximate surface area is 122 Å². The molecule has 1 aromatic heterocycles. The van der Waals surface area contributed by atoms with E-state index < -0.39 is 0 Å². The third-order valence-corrected chi connectivity index (χ3v) is 4.11. The van der Waals surface area contributed by atoms with Crippen molar-refractivity contribution in [2.24, 2.45) is 0 Å². The van der Waals surface area contributed by atoms with Crippen LogP contribution in [0.15, 0.2) is 23.7 Å². The van der Waals surface area contributed by atoms with E-state index in [9.17, 15) is 0 Å². The summed E-state index contributed by atoms with van der Waals surface area (Å²) in [5.74, 6) is 0.873. The van der Waals surface area contributed by atoms with Crippen LogP contribution < -0.4 is 4.74 Å².